The predicted octanol–water partition coefficient (Wildman–Crippen LogP) is 0.553. The summed E-state index contributed by atoms with van der Waals surface area (Å²) >= 11 is 1.50. The zero-order valence-corrected chi connectivity index (χ0v) is 11.9. The topological polar surface area (TPSA) is 80.7 Å². The number of thiazole rings is 1. The molecule has 4 rings (SSSR count). The molecule has 1 amide bonds. The molecule has 0 bridgehead atoms. The number of nitrogens with zero attached hydrogens (tertiary/aromatic N) is 1. The summed E-state index contributed by atoms with van der Waals surface area (Å²) in [7, 11) is 0. The van der Waals surface area contributed by atoms with Crippen LogP contribution in [0, 0.1) is 0 Å². The number of benzene rings is 1. The first-order chi connectivity index (χ1) is 10.2. The minimum Gasteiger partial charge on any atom is -0.388 e. The molecule has 2 aliphatic heterocycles. The highest BCUT2D eigenvalue weighted by atomic mass is 32.1. The van der Waals surface area contributed by atoms with Crippen molar-refractivity contribution in [2.45, 2.75) is 24.4 Å². The number of hydrogen-bond acceptors (Lipinski definition) is 6. The Kier molecular flexibility index (Phi) is 3.15. The van der Waals surface area contributed by atoms with Crippen LogP contribution in [-0.2, 0) is 9.47 Å². The third kappa shape index (κ3) is 2.22. The summed E-state index contributed by atoms with van der Waals surface area (Å²) in [5.41, 5.74) is 3.24. The molecule has 4 atom stereocenters. The number of rotatable bonds is 2. The number of carbonyl (C=O) groups is 1. The van der Waals surface area contributed by atoms with Gasteiger partial charge in [0, 0.05) is 5.56 Å². The summed E-state index contributed by atoms with van der Waals surface area (Å²) in [6.45, 7) is 0.620. The first-order valence-electron chi connectivity index (χ1n) is 6.78. The third-order valence-corrected chi connectivity index (χ3v) is 4.73. The largest absolute Gasteiger partial charge is 0.388 e. The normalized spacial score (nSPS) is 31.5. The lowest BCUT2D eigenvalue weighted by Crippen LogP contribution is -2.44. The molecule has 110 valence electrons. The summed E-state index contributed by atoms with van der Waals surface area (Å²) in [4.78, 5) is 16.5. The molecule has 0 radical (unpaired) electrons. The number of carbonyl (C=O) groups excluding carboxylic acids is 1. The molecule has 0 spiro atoms. The van der Waals surface area contributed by atoms with Gasteiger partial charge < -0.3 is 19.9 Å². The van der Waals surface area contributed by atoms with Crippen molar-refractivity contribution in [3.8, 4) is 0 Å². The maximum absolute atomic E-state index is 12.3. The fourth-order valence-corrected chi connectivity index (χ4v) is 3.57. The Bertz CT molecular complexity index is 688. The molecule has 2 N–H and O–H groups in total. The van der Waals surface area contributed by atoms with Crippen molar-refractivity contribution in [3.05, 3.63) is 29.3 Å². The van der Waals surface area contributed by atoms with Crippen LogP contribution in [0.4, 0.5) is 0 Å². The quantitative estimate of drug-likeness (QED) is 0.847. The van der Waals surface area contributed by atoms with Gasteiger partial charge in [-0.25, -0.2) is 4.98 Å². The molecule has 2 saturated heterocycles. The third-order valence-electron chi connectivity index (χ3n) is 3.94. The van der Waals surface area contributed by atoms with E-state index < -0.39 is 6.10 Å². The van der Waals surface area contributed by atoms with Crippen LogP contribution in [0.25, 0.3) is 10.2 Å². The Balaban J connectivity index is 1.50. The van der Waals surface area contributed by atoms with Gasteiger partial charge in [-0.2, -0.15) is 0 Å². The molecule has 2 aromatic rings. The summed E-state index contributed by atoms with van der Waals surface area (Å²) in [5, 5.41) is 12.6. The van der Waals surface area contributed by atoms with Gasteiger partial charge in [0.2, 0.25) is 0 Å². The number of ether oxygens (including phenoxy) is 2. The molecule has 21 heavy (non-hydrogen) atoms. The number of aliphatic hydroxyl groups excluding tert-OH is 1. The van der Waals surface area contributed by atoms with E-state index in [0.717, 1.165) is 10.2 Å². The molecule has 7 heteroatoms. The Morgan fingerprint density at radius 2 is 2.19 bits per heavy atom. The second-order valence-corrected chi connectivity index (χ2v) is 6.16. The average molecular weight is 306 g/mol. The molecule has 2 aliphatic rings. The molecule has 1 aromatic heterocycles. The maximum Gasteiger partial charge on any atom is 0.251 e. The lowest BCUT2D eigenvalue weighted by molar-refractivity contribution is 0.0178. The number of hydrogen-bond donors (Lipinski definition) is 2. The van der Waals surface area contributed by atoms with Gasteiger partial charge in [-0.05, 0) is 18.2 Å². The lowest BCUT2D eigenvalue weighted by Gasteiger charge is -2.17. The van der Waals surface area contributed by atoms with Gasteiger partial charge in [0.25, 0.3) is 5.91 Å². The van der Waals surface area contributed by atoms with E-state index >= 15 is 0 Å². The van der Waals surface area contributed by atoms with Gasteiger partial charge in [0.05, 0.1) is 35.0 Å². The first kappa shape index (κ1) is 13.1. The van der Waals surface area contributed by atoms with E-state index in [0.29, 0.717) is 12.2 Å². The molecular formula is C14H14N2O4S. The second kappa shape index (κ2) is 5.03. The molecule has 0 unspecified atom stereocenters. The zero-order valence-electron chi connectivity index (χ0n) is 11.1. The van der Waals surface area contributed by atoms with E-state index in [9.17, 15) is 9.90 Å². The van der Waals surface area contributed by atoms with Crippen LogP contribution in [0.15, 0.2) is 23.7 Å². The van der Waals surface area contributed by atoms with Gasteiger partial charge in [0.15, 0.2) is 0 Å². The van der Waals surface area contributed by atoms with Gasteiger partial charge in [-0.3, -0.25) is 4.79 Å². The standard InChI is InChI=1S/C14H14N2O4S/c17-10-5-20-12-9(4-19-13(10)12)16-14(18)7-1-2-8-11(3-7)21-6-15-8/h1-3,6,9-10,12-13,17H,4-5H2,(H,16,18)/t9-,10+,12+,13+/m0/s1. The predicted molar refractivity (Wildman–Crippen MR) is 76.4 cm³/mol. The molecule has 2 fully saturated rings. The Morgan fingerprint density at radius 1 is 1.33 bits per heavy atom. The minimum absolute atomic E-state index is 0.162. The Labute approximate surface area is 124 Å². The van der Waals surface area contributed by atoms with Gasteiger partial charge in [-0.1, -0.05) is 0 Å². The van der Waals surface area contributed by atoms with Crippen LogP contribution in [0.2, 0.25) is 0 Å². The molecule has 6 nitrogen and oxygen atoms in total. The van der Waals surface area contributed by atoms with E-state index in [4.69, 9.17) is 9.47 Å². The highest BCUT2D eigenvalue weighted by Crippen LogP contribution is 2.27. The lowest BCUT2D eigenvalue weighted by atomic mass is 10.1. The molecule has 0 aliphatic carbocycles. The highest BCUT2D eigenvalue weighted by molar-refractivity contribution is 7.16. The summed E-state index contributed by atoms with van der Waals surface area (Å²) < 4.78 is 12.0. The van der Waals surface area contributed by atoms with Crippen molar-refractivity contribution in [1.82, 2.24) is 10.3 Å². The van der Waals surface area contributed by atoms with Gasteiger partial charge in [-0.15, -0.1) is 11.3 Å². The first-order valence-corrected chi connectivity index (χ1v) is 7.66. The Morgan fingerprint density at radius 3 is 3.10 bits per heavy atom. The van der Waals surface area contributed by atoms with Crippen molar-refractivity contribution in [2.24, 2.45) is 0 Å². The number of fused-ring (bicyclic) bond motifs is 2. The van der Waals surface area contributed by atoms with Crippen LogP contribution < -0.4 is 5.32 Å². The molecule has 1 aromatic carbocycles. The summed E-state index contributed by atoms with van der Waals surface area (Å²) in [6.07, 6.45) is -1.21. The fourth-order valence-electron chi connectivity index (χ4n) is 2.85. The van der Waals surface area contributed by atoms with Gasteiger partial charge in [0.1, 0.15) is 18.3 Å². The minimum atomic E-state index is -0.606. The highest BCUT2D eigenvalue weighted by Gasteiger charge is 2.47. The number of nitrogens with one attached hydrogen (secondary N) is 1. The van der Waals surface area contributed by atoms with E-state index in [1.54, 1.807) is 11.6 Å². The monoisotopic (exact) mass is 306 g/mol. The smallest absolute Gasteiger partial charge is 0.251 e. The van der Waals surface area contributed by atoms with E-state index in [1.165, 1.54) is 11.3 Å². The van der Waals surface area contributed by atoms with Crippen LogP contribution in [-0.4, -0.2) is 53.6 Å². The van der Waals surface area contributed by atoms with E-state index in [2.05, 4.69) is 10.3 Å². The number of aromatic nitrogens is 1. The van der Waals surface area contributed by atoms with Crippen molar-refractivity contribution in [1.29, 1.82) is 0 Å². The molecule has 3 heterocycles. The molecular weight excluding hydrogens is 292 g/mol. The number of aliphatic hydroxyl groups is 1. The van der Waals surface area contributed by atoms with Crippen LogP contribution in [0.3, 0.4) is 0 Å². The van der Waals surface area contributed by atoms with Crippen molar-refractivity contribution in [3.63, 3.8) is 0 Å². The van der Waals surface area contributed by atoms with E-state index in [1.807, 2.05) is 12.1 Å². The van der Waals surface area contributed by atoms with Crippen LogP contribution in [0.1, 0.15) is 10.4 Å². The number of amides is 1. The van der Waals surface area contributed by atoms with Crippen molar-refractivity contribution in [2.75, 3.05) is 13.2 Å². The molecule has 0 saturated carbocycles. The van der Waals surface area contributed by atoms with Crippen LogP contribution >= 0.6 is 11.3 Å². The maximum atomic E-state index is 12.3. The summed E-state index contributed by atoms with van der Waals surface area (Å²) in [6, 6.07) is 5.20. The average Bonchev–Trinajstić information content (AvgIpc) is 3.17. The zero-order chi connectivity index (χ0) is 14.4. The van der Waals surface area contributed by atoms with Crippen molar-refractivity contribution < 1.29 is 19.4 Å². The second-order valence-electron chi connectivity index (χ2n) is 5.28. The van der Waals surface area contributed by atoms with E-state index in [-0.39, 0.29) is 30.8 Å². The van der Waals surface area contributed by atoms with Gasteiger partial charge >= 0.3 is 0 Å². The summed E-state index contributed by atoms with van der Waals surface area (Å²) in [5.74, 6) is -0.162. The SMILES string of the molecule is O=C(N[C@H]1CO[C@H]2[C@@H]1OC[C@H]2O)c1ccc2ncsc2c1. The fraction of sp³-hybridized carbons (Fsp3) is 0.429. The Hall–Kier alpha value is -1.54. The van der Waals surface area contributed by atoms with Crippen LogP contribution in [0.5, 0.6) is 0 Å². The van der Waals surface area contributed by atoms with Crippen molar-refractivity contribution >= 4 is 27.5 Å².